The molecule has 1 aromatic carbocycles. The van der Waals surface area contributed by atoms with E-state index < -0.39 is 0 Å². The molecule has 2 rings (SSSR count). The van der Waals surface area contributed by atoms with E-state index >= 15 is 0 Å². The molecule has 0 saturated carbocycles. The largest absolute Gasteiger partial charge is 0.496 e. The number of rotatable bonds is 3. The number of hydrogen-bond donors (Lipinski definition) is 1. The van der Waals surface area contributed by atoms with Gasteiger partial charge >= 0.3 is 6.09 Å². The summed E-state index contributed by atoms with van der Waals surface area (Å²) in [7, 11) is 1.63. The molecule has 1 aliphatic heterocycles. The van der Waals surface area contributed by atoms with Crippen molar-refractivity contribution in [3.63, 3.8) is 0 Å². The highest BCUT2D eigenvalue weighted by atomic mass is 35.5. The Morgan fingerprint density at radius 3 is 2.67 bits per heavy atom. The van der Waals surface area contributed by atoms with E-state index in [1.165, 1.54) is 5.56 Å². The second-order valence-corrected chi connectivity index (χ2v) is 4.45. The predicted molar refractivity (Wildman–Crippen MR) is 71.6 cm³/mol. The first-order chi connectivity index (χ1) is 8.11. The molecule has 18 heavy (non-hydrogen) atoms. The van der Waals surface area contributed by atoms with Crippen LogP contribution in [-0.4, -0.2) is 19.8 Å². The summed E-state index contributed by atoms with van der Waals surface area (Å²) >= 11 is 0. The Labute approximate surface area is 113 Å². The number of nitrogens with one attached hydrogen (secondary N) is 1. The molecule has 1 atom stereocenters. The van der Waals surface area contributed by atoms with E-state index in [4.69, 9.17) is 9.47 Å². The molecular weight excluding hydrogens is 254 g/mol. The van der Waals surface area contributed by atoms with Gasteiger partial charge in [0.2, 0.25) is 0 Å². The molecule has 0 unspecified atom stereocenters. The molecule has 1 amide bonds. The lowest BCUT2D eigenvalue weighted by Crippen LogP contribution is -2.19. The monoisotopic (exact) mass is 271 g/mol. The Balaban J connectivity index is 0.00000162. The summed E-state index contributed by atoms with van der Waals surface area (Å²) in [5.41, 5.74) is 2.20. The Hall–Kier alpha value is -1.42. The molecule has 0 spiro atoms. The van der Waals surface area contributed by atoms with Crippen LogP contribution in [0.2, 0.25) is 0 Å². The molecule has 5 heteroatoms. The van der Waals surface area contributed by atoms with Gasteiger partial charge in [-0.25, -0.2) is 4.79 Å². The quantitative estimate of drug-likeness (QED) is 0.919. The highest BCUT2D eigenvalue weighted by Crippen LogP contribution is 2.30. The van der Waals surface area contributed by atoms with Gasteiger partial charge in [0, 0.05) is 5.56 Å². The average molecular weight is 272 g/mol. The summed E-state index contributed by atoms with van der Waals surface area (Å²) in [6.45, 7) is 4.63. The molecule has 0 bridgehead atoms. The van der Waals surface area contributed by atoms with Crippen LogP contribution in [0, 0.1) is 0 Å². The number of amides is 1. The summed E-state index contributed by atoms with van der Waals surface area (Å²) in [4.78, 5) is 11.1. The highest BCUT2D eigenvalue weighted by molar-refractivity contribution is 5.85. The molecule has 4 nitrogen and oxygen atoms in total. The van der Waals surface area contributed by atoms with Gasteiger partial charge in [0.25, 0.3) is 0 Å². The average Bonchev–Trinajstić information content (AvgIpc) is 2.74. The third kappa shape index (κ3) is 2.88. The van der Waals surface area contributed by atoms with Crippen molar-refractivity contribution < 1.29 is 14.3 Å². The Morgan fingerprint density at radius 1 is 1.44 bits per heavy atom. The van der Waals surface area contributed by atoms with Crippen molar-refractivity contribution in [1.82, 2.24) is 5.32 Å². The van der Waals surface area contributed by atoms with E-state index in [0.29, 0.717) is 12.5 Å². The zero-order valence-electron chi connectivity index (χ0n) is 10.7. The number of carbonyl (C=O) groups is 1. The standard InChI is InChI=1S/C13H17NO3.ClH/c1-8(2)9-4-5-12(16-3)10(6-9)11-7-17-13(15)14-11;/h4-6,8,11H,7H2,1-3H3,(H,14,15);1H/t11-;/m1./s1. The third-order valence-electron chi connectivity index (χ3n) is 2.97. The maximum absolute atomic E-state index is 11.1. The van der Waals surface area contributed by atoms with E-state index in [-0.39, 0.29) is 24.5 Å². The normalized spacial score (nSPS) is 18.0. The number of halogens is 1. The number of ether oxygens (including phenoxy) is 2. The van der Waals surface area contributed by atoms with Crippen LogP contribution < -0.4 is 10.1 Å². The number of hydrogen-bond acceptors (Lipinski definition) is 3. The molecule has 1 saturated heterocycles. The van der Waals surface area contributed by atoms with Crippen molar-refractivity contribution in [2.45, 2.75) is 25.8 Å². The Morgan fingerprint density at radius 2 is 2.17 bits per heavy atom. The summed E-state index contributed by atoms with van der Waals surface area (Å²) in [5.74, 6) is 1.22. The van der Waals surface area contributed by atoms with Gasteiger partial charge in [-0.1, -0.05) is 19.9 Å². The molecule has 1 heterocycles. The van der Waals surface area contributed by atoms with E-state index in [2.05, 4.69) is 25.2 Å². The molecular formula is C13H18ClNO3. The molecule has 0 aliphatic carbocycles. The number of benzene rings is 1. The SMILES string of the molecule is COc1ccc(C(C)C)cc1[C@H]1COC(=O)N1.Cl. The molecule has 0 aromatic heterocycles. The van der Waals surface area contributed by atoms with Gasteiger partial charge < -0.3 is 14.8 Å². The predicted octanol–water partition coefficient (Wildman–Crippen LogP) is 3.02. The lowest BCUT2D eigenvalue weighted by molar-refractivity contribution is 0.177. The maximum Gasteiger partial charge on any atom is 0.407 e. The maximum atomic E-state index is 11.1. The summed E-state index contributed by atoms with van der Waals surface area (Å²) in [5, 5.41) is 2.77. The van der Waals surface area contributed by atoms with E-state index in [1.54, 1.807) is 7.11 Å². The van der Waals surface area contributed by atoms with Crippen molar-refractivity contribution in [1.29, 1.82) is 0 Å². The molecule has 1 fully saturated rings. The van der Waals surface area contributed by atoms with Crippen molar-refractivity contribution in [3.8, 4) is 5.75 Å². The van der Waals surface area contributed by atoms with Gasteiger partial charge in [-0.3, -0.25) is 0 Å². The number of cyclic esters (lactones) is 1. The first kappa shape index (κ1) is 14.6. The second-order valence-electron chi connectivity index (χ2n) is 4.45. The first-order valence-electron chi connectivity index (χ1n) is 5.73. The van der Waals surface area contributed by atoms with Crippen LogP contribution in [0.4, 0.5) is 4.79 Å². The fourth-order valence-corrected chi connectivity index (χ4v) is 1.94. The van der Waals surface area contributed by atoms with E-state index in [9.17, 15) is 4.79 Å². The molecule has 0 radical (unpaired) electrons. The van der Waals surface area contributed by atoms with Crippen LogP contribution in [0.1, 0.15) is 36.9 Å². The first-order valence-corrected chi connectivity index (χ1v) is 5.73. The van der Waals surface area contributed by atoms with Gasteiger partial charge in [-0.05, 0) is 23.6 Å². The van der Waals surface area contributed by atoms with Gasteiger partial charge in [0.05, 0.1) is 13.2 Å². The van der Waals surface area contributed by atoms with Crippen molar-refractivity contribution >= 4 is 18.5 Å². The van der Waals surface area contributed by atoms with E-state index in [1.807, 2.05) is 12.1 Å². The number of methoxy groups -OCH3 is 1. The lowest BCUT2D eigenvalue weighted by Gasteiger charge is -2.16. The van der Waals surface area contributed by atoms with Gasteiger partial charge in [-0.15, -0.1) is 12.4 Å². The minimum absolute atomic E-state index is 0. The zero-order chi connectivity index (χ0) is 12.4. The zero-order valence-corrected chi connectivity index (χ0v) is 11.5. The molecule has 1 aliphatic rings. The van der Waals surface area contributed by atoms with Crippen molar-refractivity contribution in [3.05, 3.63) is 29.3 Å². The summed E-state index contributed by atoms with van der Waals surface area (Å²) in [6.07, 6.45) is -0.369. The molecule has 100 valence electrons. The highest BCUT2D eigenvalue weighted by Gasteiger charge is 2.26. The molecule has 1 N–H and O–H groups in total. The Bertz CT molecular complexity index is 434. The Kier molecular flexibility index (Phi) is 4.84. The van der Waals surface area contributed by atoms with Crippen LogP contribution >= 0.6 is 12.4 Å². The summed E-state index contributed by atoms with van der Waals surface area (Å²) in [6, 6.07) is 5.94. The van der Waals surface area contributed by atoms with Crippen LogP contribution in [0.3, 0.4) is 0 Å². The van der Waals surface area contributed by atoms with Crippen LogP contribution in [0.25, 0.3) is 0 Å². The number of alkyl carbamates (subject to hydrolysis) is 1. The summed E-state index contributed by atoms with van der Waals surface area (Å²) < 4.78 is 10.2. The molecule has 1 aromatic rings. The number of carbonyl (C=O) groups excluding carboxylic acids is 1. The van der Waals surface area contributed by atoms with Crippen LogP contribution in [0.15, 0.2) is 18.2 Å². The van der Waals surface area contributed by atoms with E-state index in [0.717, 1.165) is 11.3 Å². The fourth-order valence-electron chi connectivity index (χ4n) is 1.94. The van der Waals surface area contributed by atoms with Crippen LogP contribution in [0.5, 0.6) is 5.75 Å². The minimum atomic E-state index is -0.369. The van der Waals surface area contributed by atoms with Crippen molar-refractivity contribution in [2.75, 3.05) is 13.7 Å². The second kappa shape index (κ2) is 5.96. The minimum Gasteiger partial charge on any atom is -0.496 e. The van der Waals surface area contributed by atoms with Crippen LogP contribution in [-0.2, 0) is 4.74 Å². The topological polar surface area (TPSA) is 47.6 Å². The van der Waals surface area contributed by atoms with Gasteiger partial charge in [-0.2, -0.15) is 0 Å². The lowest BCUT2D eigenvalue weighted by atomic mass is 9.97. The smallest absolute Gasteiger partial charge is 0.407 e. The fraction of sp³-hybridized carbons (Fsp3) is 0.462. The van der Waals surface area contributed by atoms with Gasteiger partial charge in [0.1, 0.15) is 12.4 Å². The van der Waals surface area contributed by atoms with Gasteiger partial charge in [0.15, 0.2) is 0 Å². The van der Waals surface area contributed by atoms with Crippen molar-refractivity contribution in [2.24, 2.45) is 0 Å². The third-order valence-corrected chi connectivity index (χ3v) is 2.97.